The van der Waals surface area contributed by atoms with Crippen LogP contribution in [0.5, 0.6) is 5.75 Å². The zero-order chi connectivity index (χ0) is 18.0. The van der Waals surface area contributed by atoms with Gasteiger partial charge in [0.1, 0.15) is 10.8 Å². The van der Waals surface area contributed by atoms with Gasteiger partial charge >= 0.3 is 5.97 Å². The molecule has 0 unspecified atom stereocenters. The summed E-state index contributed by atoms with van der Waals surface area (Å²) in [4.78, 5) is 23.5. The summed E-state index contributed by atoms with van der Waals surface area (Å²) < 4.78 is 5.06. The summed E-state index contributed by atoms with van der Waals surface area (Å²) in [6, 6.07) is 15.9. The molecule has 0 aromatic heterocycles. The van der Waals surface area contributed by atoms with Crippen LogP contribution in [0.3, 0.4) is 0 Å². The Morgan fingerprint density at radius 1 is 0.880 bits per heavy atom. The number of carbonyl (C=O) groups excluding carboxylic acids is 1. The third-order valence-electron chi connectivity index (χ3n) is 3.68. The van der Waals surface area contributed by atoms with Gasteiger partial charge in [-0.1, -0.05) is 65.7 Å². The Hall–Kier alpha value is -2.56. The van der Waals surface area contributed by atoms with Gasteiger partial charge < -0.3 is 9.84 Å². The number of carboxylic acids is 1. The monoisotopic (exact) mass is 374 g/mol. The summed E-state index contributed by atoms with van der Waals surface area (Å²) >= 11 is 12.4. The molecule has 0 amide bonds. The highest BCUT2D eigenvalue weighted by Gasteiger charge is 2.19. The maximum atomic E-state index is 12.9. The van der Waals surface area contributed by atoms with E-state index in [2.05, 4.69) is 0 Å². The van der Waals surface area contributed by atoms with Crippen molar-refractivity contribution in [3.8, 4) is 5.75 Å². The Morgan fingerprint density at radius 3 is 2.36 bits per heavy atom. The van der Waals surface area contributed by atoms with E-state index in [1.165, 1.54) is 12.1 Å². The lowest BCUT2D eigenvalue weighted by Gasteiger charge is -2.11. The van der Waals surface area contributed by atoms with Gasteiger partial charge in [-0.15, -0.1) is 0 Å². The summed E-state index contributed by atoms with van der Waals surface area (Å²) in [6.07, 6.45) is 0. The van der Waals surface area contributed by atoms with Gasteiger partial charge in [0.2, 0.25) is 0 Å². The fourth-order valence-electron chi connectivity index (χ4n) is 2.53. The Morgan fingerprint density at radius 2 is 1.60 bits per heavy atom. The van der Waals surface area contributed by atoms with Crippen molar-refractivity contribution in [2.45, 2.75) is 0 Å². The Kier molecular flexibility index (Phi) is 4.93. The molecular weight excluding hydrogens is 363 g/mol. The molecule has 0 heterocycles. The molecule has 0 spiro atoms. The third-order valence-corrected chi connectivity index (χ3v) is 4.54. The van der Waals surface area contributed by atoms with Crippen LogP contribution in [-0.4, -0.2) is 23.5 Å². The smallest absolute Gasteiger partial charge is 0.341 e. The highest BCUT2D eigenvalue weighted by Crippen LogP contribution is 2.36. The number of ketones is 1. The first kappa shape index (κ1) is 17.3. The van der Waals surface area contributed by atoms with Gasteiger partial charge in [0.15, 0.2) is 12.4 Å². The summed E-state index contributed by atoms with van der Waals surface area (Å²) in [5.74, 6) is -1.29. The zero-order valence-electron chi connectivity index (χ0n) is 12.8. The van der Waals surface area contributed by atoms with Gasteiger partial charge in [0, 0.05) is 11.1 Å². The van der Waals surface area contributed by atoms with Crippen LogP contribution in [0, 0.1) is 0 Å². The Balaban J connectivity index is 2.02. The maximum Gasteiger partial charge on any atom is 0.341 e. The highest BCUT2D eigenvalue weighted by molar-refractivity contribution is 6.45. The van der Waals surface area contributed by atoms with E-state index in [0.717, 1.165) is 10.8 Å². The van der Waals surface area contributed by atoms with E-state index in [4.69, 9.17) is 33.0 Å². The molecule has 6 heteroatoms. The van der Waals surface area contributed by atoms with Crippen LogP contribution >= 0.6 is 23.2 Å². The SMILES string of the molecule is O=C(O)COc1ccc(C(=O)c2cccc3ccccc23)c(Cl)c1Cl. The minimum absolute atomic E-state index is 0.00834. The minimum atomic E-state index is -1.14. The molecule has 0 atom stereocenters. The molecule has 0 fully saturated rings. The normalized spacial score (nSPS) is 10.6. The molecule has 3 aromatic carbocycles. The van der Waals surface area contributed by atoms with Crippen LogP contribution in [0.25, 0.3) is 10.8 Å². The topological polar surface area (TPSA) is 63.6 Å². The van der Waals surface area contributed by atoms with E-state index in [1.54, 1.807) is 12.1 Å². The summed E-state index contributed by atoms with van der Waals surface area (Å²) in [7, 11) is 0. The molecule has 0 aliphatic heterocycles. The van der Waals surface area contributed by atoms with Crippen molar-refractivity contribution in [3.05, 3.63) is 75.8 Å². The van der Waals surface area contributed by atoms with E-state index in [1.807, 2.05) is 30.3 Å². The van der Waals surface area contributed by atoms with E-state index in [9.17, 15) is 9.59 Å². The largest absolute Gasteiger partial charge is 0.480 e. The Labute approximate surface area is 153 Å². The number of benzene rings is 3. The predicted molar refractivity (Wildman–Crippen MR) is 97.0 cm³/mol. The molecule has 0 aliphatic carbocycles. The van der Waals surface area contributed by atoms with Gasteiger partial charge in [-0.2, -0.15) is 0 Å². The molecule has 0 saturated carbocycles. The van der Waals surface area contributed by atoms with Crippen molar-refractivity contribution in [2.75, 3.05) is 6.61 Å². The van der Waals surface area contributed by atoms with Gasteiger partial charge in [0.05, 0.1) is 5.02 Å². The molecule has 126 valence electrons. The number of rotatable bonds is 5. The van der Waals surface area contributed by atoms with E-state index in [0.29, 0.717) is 5.56 Å². The van der Waals surface area contributed by atoms with E-state index >= 15 is 0 Å². The molecule has 3 rings (SSSR count). The molecule has 0 aliphatic rings. The van der Waals surface area contributed by atoms with Crippen LogP contribution in [0.4, 0.5) is 0 Å². The van der Waals surface area contributed by atoms with Gasteiger partial charge in [-0.05, 0) is 22.9 Å². The van der Waals surface area contributed by atoms with Crippen molar-refractivity contribution in [3.63, 3.8) is 0 Å². The van der Waals surface area contributed by atoms with Crippen molar-refractivity contribution in [2.24, 2.45) is 0 Å². The van der Waals surface area contributed by atoms with E-state index < -0.39 is 12.6 Å². The number of hydrogen-bond donors (Lipinski definition) is 1. The fourth-order valence-corrected chi connectivity index (χ4v) is 2.99. The number of fused-ring (bicyclic) bond motifs is 1. The number of carbonyl (C=O) groups is 2. The summed E-state index contributed by atoms with van der Waals surface area (Å²) in [6.45, 7) is -0.549. The van der Waals surface area contributed by atoms with Crippen LogP contribution < -0.4 is 4.74 Å². The summed E-state index contributed by atoms with van der Waals surface area (Å²) in [5, 5.41) is 10.5. The molecule has 25 heavy (non-hydrogen) atoms. The molecular formula is C19H12Cl2O4. The first-order chi connectivity index (χ1) is 12.0. The lowest BCUT2D eigenvalue weighted by atomic mass is 9.97. The second-order valence-electron chi connectivity index (χ2n) is 5.28. The molecule has 0 radical (unpaired) electrons. The molecule has 4 nitrogen and oxygen atoms in total. The Bertz CT molecular complexity index is 977. The molecule has 3 aromatic rings. The van der Waals surface area contributed by atoms with Crippen molar-refractivity contribution < 1.29 is 19.4 Å². The second-order valence-corrected chi connectivity index (χ2v) is 6.03. The maximum absolute atomic E-state index is 12.9. The van der Waals surface area contributed by atoms with Gasteiger partial charge in [-0.25, -0.2) is 4.79 Å². The van der Waals surface area contributed by atoms with Crippen LogP contribution in [0.1, 0.15) is 15.9 Å². The van der Waals surface area contributed by atoms with Crippen molar-refractivity contribution in [1.29, 1.82) is 0 Å². The number of aliphatic carboxylic acids is 1. The number of hydrogen-bond acceptors (Lipinski definition) is 3. The van der Waals surface area contributed by atoms with Crippen molar-refractivity contribution in [1.82, 2.24) is 0 Å². The lowest BCUT2D eigenvalue weighted by Crippen LogP contribution is -2.10. The highest BCUT2D eigenvalue weighted by atomic mass is 35.5. The van der Waals surface area contributed by atoms with Gasteiger partial charge in [0.25, 0.3) is 0 Å². The molecule has 1 N–H and O–H groups in total. The lowest BCUT2D eigenvalue weighted by molar-refractivity contribution is -0.139. The molecule has 0 saturated heterocycles. The third kappa shape index (κ3) is 3.45. The first-order valence-corrected chi connectivity index (χ1v) is 8.09. The zero-order valence-corrected chi connectivity index (χ0v) is 14.3. The summed E-state index contributed by atoms with van der Waals surface area (Å²) in [5.41, 5.74) is 0.737. The minimum Gasteiger partial charge on any atom is -0.480 e. The average molecular weight is 375 g/mol. The standard InChI is InChI=1S/C19H12Cl2O4/c20-17-14(8-9-15(18(17)21)25-10-16(22)23)19(24)13-7-3-5-11-4-1-2-6-12(11)13/h1-9H,10H2,(H,22,23). The molecule has 0 bridgehead atoms. The average Bonchev–Trinajstić information content (AvgIpc) is 2.62. The van der Waals surface area contributed by atoms with Gasteiger partial charge in [-0.3, -0.25) is 4.79 Å². The quantitative estimate of drug-likeness (QED) is 0.648. The van der Waals surface area contributed by atoms with Crippen LogP contribution in [0.15, 0.2) is 54.6 Å². The van der Waals surface area contributed by atoms with Crippen LogP contribution in [-0.2, 0) is 4.79 Å². The number of halogens is 2. The number of ether oxygens (including phenoxy) is 1. The van der Waals surface area contributed by atoms with E-state index in [-0.39, 0.29) is 27.1 Å². The predicted octanol–water partition coefficient (Wildman–Crippen LogP) is 4.84. The first-order valence-electron chi connectivity index (χ1n) is 7.34. The fraction of sp³-hybridized carbons (Fsp3) is 0.0526. The van der Waals surface area contributed by atoms with Crippen LogP contribution in [0.2, 0.25) is 10.0 Å². The number of carboxylic acid groups (broad SMARTS) is 1. The van der Waals surface area contributed by atoms with Crippen molar-refractivity contribution >= 4 is 45.7 Å². The second kappa shape index (κ2) is 7.13.